The molecule has 2 rings (SSSR count). The average molecular weight is 286 g/mol. The number of carbonyl (C=O) groups is 2. The number of aromatic nitrogens is 3. The molecule has 0 aliphatic carbocycles. The number of aryl methyl sites for hydroxylation is 2. The molecule has 0 atom stereocenters. The zero-order chi connectivity index (χ0) is 15.4. The van der Waals surface area contributed by atoms with E-state index in [0.29, 0.717) is 17.1 Å². The maximum Gasteiger partial charge on any atom is 0.328 e. The first-order valence-electron chi connectivity index (χ1n) is 6.14. The molecule has 0 spiro atoms. The third kappa shape index (κ3) is 3.75. The number of nitrogens with one attached hydrogen (secondary N) is 1. The van der Waals surface area contributed by atoms with Crippen molar-refractivity contribution in [3.63, 3.8) is 0 Å². The topological polar surface area (TPSA) is 97.1 Å². The maximum atomic E-state index is 12.2. The molecule has 21 heavy (non-hydrogen) atoms. The van der Waals surface area contributed by atoms with Crippen molar-refractivity contribution in [1.82, 2.24) is 14.8 Å². The Morgan fingerprint density at radius 2 is 2.10 bits per heavy atom. The van der Waals surface area contributed by atoms with Crippen LogP contribution in [0, 0.1) is 6.92 Å². The van der Waals surface area contributed by atoms with Crippen LogP contribution in [0.2, 0.25) is 0 Å². The summed E-state index contributed by atoms with van der Waals surface area (Å²) in [4.78, 5) is 26.6. The Bertz CT molecular complexity index is 719. The predicted octanol–water partition coefficient (Wildman–Crippen LogP) is 1.47. The summed E-state index contributed by atoms with van der Waals surface area (Å²) in [6.45, 7) is 1.83. The van der Waals surface area contributed by atoms with Crippen LogP contribution in [0.1, 0.15) is 21.5 Å². The van der Waals surface area contributed by atoms with Crippen molar-refractivity contribution < 1.29 is 14.7 Å². The summed E-state index contributed by atoms with van der Waals surface area (Å²) in [5, 5.41) is 15.1. The number of amides is 1. The second kappa shape index (κ2) is 6.00. The highest BCUT2D eigenvalue weighted by molar-refractivity contribution is 6.04. The molecule has 1 amide bonds. The van der Waals surface area contributed by atoms with Crippen LogP contribution in [0.15, 0.2) is 30.6 Å². The molecule has 0 saturated heterocycles. The highest BCUT2D eigenvalue weighted by Crippen LogP contribution is 2.13. The first-order valence-corrected chi connectivity index (χ1v) is 6.14. The van der Waals surface area contributed by atoms with Gasteiger partial charge in [0.1, 0.15) is 6.33 Å². The van der Waals surface area contributed by atoms with Crippen molar-refractivity contribution in [2.45, 2.75) is 6.92 Å². The highest BCUT2D eigenvalue weighted by Gasteiger charge is 2.10. The number of carboxylic acid groups (broad SMARTS) is 1. The number of hydrogen-bond acceptors (Lipinski definition) is 4. The molecule has 0 fully saturated rings. The van der Waals surface area contributed by atoms with Crippen molar-refractivity contribution >= 4 is 23.9 Å². The van der Waals surface area contributed by atoms with Gasteiger partial charge < -0.3 is 5.11 Å². The number of carbonyl (C=O) groups excluding carboxylic acids is 1. The van der Waals surface area contributed by atoms with Crippen LogP contribution in [0.5, 0.6) is 0 Å². The van der Waals surface area contributed by atoms with Crippen molar-refractivity contribution in [3.8, 4) is 0 Å². The maximum absolute atomic E-state index is 12.2. The summed E-state index contributed by atoms with van der Waals surface area (Å²) in [7, 11) is 1.67. The summed E-state index contributed by atoms with van der Waals surface area (Å²) in [5.74, 6) is -1.04. The van der Waals surface area contributed by atoms with Gasteiger partial charge in [0.15, 0.2) is 0 Å². The fraction of sp³-hybridized carbons (Fsp3) is 0.143. The van der Waals surface area contributed by atoms with Crippen LogP contribution in [0.3, 0.4) is 0 Å². The fourth-order valence-corrected chi connectivity index (χ4v) is 1.79. The monoisotopic (exact) mass is 286 g/mol. The largest absolute Gasteiger partial charge is 0.478 e. The fourth-order valence-electron chi connectivity index (χ4n) is 1.79. The first-order chi connectivity index (χ1) is 9.95. The van der Waals surface area contributed by atoms with Gasteiger partial charge in [0, 0.05) is 18.7 Å². The molecule has 0 unspecified atom stereocenters. The number of anilines is 1. The van der Waals surface area contributed by atoms with E-state index in [4.69, 9.17) is 5.11 Å². The summed E-state index contributed by atoms with van der Waals surface area (Å²) >= 11 is 0. The minimum absolute atomic E-state index is 0.334. The van der Waals surface area contributed by atoms with Crippen LogP contribution in [-0.2, 0) is 11.8 Å². The summed E-state index contributed by atoms with van der Waals surface area (Å²) in [6.07, 6.45) is 3.81. The highest BCUT2D eigenvalue weighted by atomic mass is 16.4. The molecule has 0 saturated carbocycles. The van der Waals surface area contributed by atoms with Gasteiger partial charge in [-0.3, -0.25) is 10.1 Å². The second-order valence-corrected chi connectivity index (χ2v) is 4.47. The van der Waals surface area contributed by atoms with Gasteiger partial charge in [-0.1, -0.05) is 6.07 Å². The van der Waals surface area contributed by atoms with Crippen LogP contribution < -0.4 is 5.32 Å². The van der Waals surface area contributed by atoms with E-state index in [1.54, 1.807) is 25.2 Å². The van der Waals surface area contributed by atoms with Gasteiger partial charge in [-0.05, 0) is 36.3 Å². The van der Waals surface area contributed by atoms with E-state index < -0.39 is 5.97 Å². The van der Waals surface area contributed by atoms with Crippen molar-refractivity contribution in [1.29, 1.82) is 0 Å². The van der Waals surface area contributed by atoms with Crippen molar-refractivity contribution in [2.75, 3.05) is 5.32 Å². The molecule has 0 radical (unpaired) electrons. The number of nitrogens with zero attached hydrogens (tertiary/aromatic N) is 3. The first kappa shape index (κ1) is 14.4. The Hall–Kier alpha value is -2.96. The minimum atomic E-state index is -1.04. The third-order valence-corrected chi connectivity index (χ3v) is 2.72. The zero-order valence-corrected chi connectivity index (χ0v) is 11.6. The molecule has 1 heterocycles. The molecule has 0 aliphatic rings. The smallest absolute Gasteiger partial charge is 0.328 e. The van der Waals surface area contributed by atoms with Crippen LogP contribution in [0.4, 0.5) is 5.95 Å². The van der Waals surface area contributed by atoms with E-state index in [2.05, 4.69) is 15.4 Å². The normalized spacial score (nSPS) is 10.8. The standard InChI is InChI=1S/C14H14N4O3/c1-9-5-10(3-4-12(19)20)7-11(6-9)13(21)17-14-15-8-16-18(14)2/h3-8H,1-2H3,(H,19,20)(H,15,16,17,21)/b4-3+. The van der Waals surface area contributed by atoms with Gasteiger partial charge in [0.25, 0.3) is 5.91 Å². The van der Waals surface area contributed by atoms with Crippen molar-refractivity contribution in [3.05, 3.63) is 47.3 Å². The number of hydrogen-bond donors (Lipinski definition) is 2. The summed E-state index contributed by atoms with van der Waals surface area (Å²) < 4.78 is 1.44. The predicted molar refractivity (Wildman–Crippen MR) is 76.8 cm³/mol. The van der Waals surface area contributed by atoms with Gasteiger partial charge >= 0.3 is 5.97 Å². The molecule has 1 aromatic carbocycles. The molecular formula is C14H14N4O3. The minimum Gasteiger partial charge on any atom is -0.478 e. The van der Waals surface area contributed by atoms with Gasteiger partial charge in [0.2, 0.25) is 5.95 Å². The van der Waals surface area contributed by atoms with E-state index in [9.17, 15) is 9.59 Å². The lowest BCUT2D eigenvalue weighted by atomic mass is 10.1. The molecule has 108 valence electrons. The van der Waals surface area contributed by atoms with E-state index >= 15 is 0 Å². The van der Waals surface area contributed by atoms with Gasteiger partial charge in [-0.15, -0.1) is 0 Å². The van der Waals surface area contributed by atoms with E-state index in [1.165, 1.54) is 17.1 Å². The molecule has 0 bridgehead atoms. The number of benzene rings is 1. The number of rotatable bonds is 4. The second-order valence-electron chi connectivity index (χ2n) is 4.47. The molecule has 2 N–H and O–H groups in total. The molecule has 7 heteroatoms. The average Bonchev–Trinajstić information content (AvgIpc) is 2.81. The van der Waals surface area contributed by atoms with Crippen LogP contribution in [-0.4, -0.2) is 31.7 Å². The Morgan fingerprint density at radius 1 is 1.33 bits per heavy atom. The molecule has 1 aromatic heterocycles. The van der Waals surface area contributed by atoms with Gasteiger partial charge in [0.05, 0.1) is 0 Å². The quantitative estimate of drug-likeness (QED) is 0.830. The number of carboxylic acids is 1. The SMILES string of the molecule is Cc1cc(/C=C/C(=O)O)cc(C(=O)Nc2ncnn2C)c1. The lowest BCUT2D eigenvalue weighted by molar-refractivity contribution is -0.131. The summed E-state index contributed by atoms with van der Waals surface area (Å²) in [5.41, 5.74) is 1.91. The molecular weight excluding hydrogens is 272 g/mol. The third-order valence-electron chi connectivity index (χ3n) is 2.72. The Balaban J connectivity index is 2.25. The Kier molecular flexibility index (Phi) is 4.13. The van der Waals surface area contributed by atoms with E-state index in [0.717, 1.165) is 11.6 Å². The summed E-state index contributed by atoms with van der Waals surface area (Å²) in [6, 6.07) is 5.11. The molecule has 0 aliphatic heterocycles. The van der Waals surface area contributed by atoms with Gasteiger partial charge in [-0.25, -0.2) is 9.48 Å². The van der Waals surface area contributed by atoms with Gasteiger partial charge in [-0.2, -0.15) is 10.1 Å². The number of aliphatic carboxylic acids is 1. The van der Waals surface area contributed by atoms with E-state index in [-0.39, 0.29) is 5.91 Å². The molecule has 7 nitrogen and oxygen atoms in total. The Morgan fingerprint density at radius 3 is 2.71 bits per heavy atom. The van der Waals surface area contributed by atoms with Crippen molar-refractivity contribution in [2.24, 2.45) is 7.05 Å². The molecule has 2 aromatic rings. The lowest BCUT2D eigenvalue weighted by Crippen LogP contribution is -2.15. The van der Waals surface area contributed by atoms with E-state index in [1.807, 2.05) is 6.92 Å². The zero-order valence-electron chi connectivity index (χ0n) is 11.6. The van der Waals surface area contributed by atoms with Crippen LogP contribution >= 0.6 is 0 Å². The van der Waals surface area contributed by atoms with Crippen LogP contribution in [0.25, 0.3) is 6.08 Å². The Labute approximate surface area is 120 Å². The lowest BCUT2D eigenvalue weighted by Gasteiger charge is -2.06.